The number of H-pyrrole nitrogens is 1. The van der Waals surface area contributed by atoms with E-state index in [1.54, 1.807) is 0 Å². The third kappa shape index (κ3) is 1.84. The van der Waals surface area contributed by atoms with Crippen molar-refractivity contribution < 1.29 is 0 Å². The van der Waals surface area contributed by atoms with E-state index in [1.165, 1.54) is 11.1 Å². The SMILES string of the molecule is CCc1cccc2[nH]c(C(CC)CC)nc12. The molecular formula is C14H20N2. The Labute approximate surface area is 97.1 Å². The first kappa shape index (κ1) is 11.2. The largest absolute Gasteiger partial charge is 0.342 e. The zero-order valence-electron chi connectivity index (χ0n) is 10.4. The van der Waals surface area contributed by atoms with Gasteiger partial charge in [-0.15, -0.1) is 0 Å². The van der Waals surface area contributed by atoms with Crippen molar-refractivity contribution in [1.82, 2.24) is 9.97 Å². The van der Waals surface area contributed by atoms with Crippen molar-refractivity contribution in [2.75, 3.05) is 0 Å². The molecule has 0 fully saturated rings. The van der Waals surface area contributed by atoms with Gasteiger partial charge in [-0.2, -0.15) is 0 Å². The fourth-order valence-corrected chi connectivity index (χ4v) is 2.26. The lowest BCUT2D eigenvalue weighted by molar-refractivity contribution is 0.611. The predicted octanol–water partition coefficient (Wildman–Crippen LogP) is 4.03. The van der Waals surface area contributed by atoms with E-state index in [0.29, 0.717) is 5.92 Å². The molecule has 2 heteroatoms. The fourth-order valence-electron chi connectivity index (χ4n) is 2.26. The van der Waals surface area contributed by atoms with Gasteiger partial charge in [0.2, 0.25) is 0 Å². The molecule has 2 rings (SSSR count). The lowest BCUT2D eigenvalue weighted by atomic mass is 10.0. The van der Waals surface area contributed by atoms with Crippen LogP contribution >= 0.6 is 0 Å². The molecule has 0 aliphatic carbocycles. The Morgan fingerprint density at radius 2 is 1.94 bits per heavy atom. The minimum atomic E-state index is 0.567. The number of hydrogen-bond donors (Lipinski definition) is 1. The third-order valence-corrected chi connectivity index (χ3v) is 3.37. The molecule has 0 amide bonds. The number of imidazole rings is 1. The van der Waals surface area contributed by atoms with Crippen LogP contribution in [0.2, 0.25) is 0 Å². The molecule has 1 heterocycles. The first-order valence-corrected chi connectivity index (χ1v) is 6.27. The van der Waals surface area contributed by atoms with Crippen LogP contribution in [0.5, 0.6) is 0 Å². The molecular weight excluding hydrogens is 196 g/mol. The first-order valence-electron chi connectivity index (χ1n) is 6.27. The molecule has 2 aromatic rings. The Morgan fingerprint density at radius 1 is 1.19 bits per heavy atom. The van der Waals surface area contributed by atoms with Crippen LogP contribution in [-0.2, 0) is 6.42 Å². The van der Waals surface area contributed by atoms with Crippen LogP contribution < -0.4 is 0 Å². The maximum atomic E-state index is 4.77. The minimum absolute atomic E-state index is 0.567. The number of hydrogen-bond acceptors (Lipinski definition) is 1. The summed E-state index contributed by atoms with van der Waals surface area (Å²) in [7, 11) is 0. The Balaban J connectivity index is 2.50. The van der Waals surface area contributed by atoms with Gasteiger partial charge >= 0.3 is 0 Å². The van der Waals surface area contributed by atoms with Crippen molar-refractivity contribution in [1.29, 1.82) is 0 Å². The van der Waals surface area contributed by atoms with Crippen LogP contribution in [0.3, 0.4) is 0 Å². The van der Waals surface area contributed by atoms with Crippen molar-refractivity contribution in [3.05, 3.63) is 29.6 Å². The lowest BCUT2D eigenvalue weighted by Crippen LogP contribution is -1.97. The van der Waals surface area contributed by atoms with Crippen LogP contribution in [-0.4, -0.2) is 9.97 Å². The number of rotatable bonds is 4. The van der Waals surface area contributed by atoms with Crippen LogP contribution in [0.25, 0.3) is 11.0 Å². The van der Waals surface area contributed by atoms with E-state index in [9.17, 15) is 0 Å². The topological polar surface area (TPSA) is 28.7 Å². The zero-order valence-corrected chi connectivity index (χ0v) is 10.4. The van der Waals surface area contributed by atoms with Gasteiger partial charge in [-0.25, -0.2) is 4.98 Å². The van der Waals surface area contributed by atoms with E-state index in [4.69, 9.17) is 4.98 Å². The minimum Gasteiger partial charge on any atom is -0.342 e. The molecule has 0 aliphatic rings. The van der Waals surface area contributed by atoms with E-state index < -0.39 is 0 Å². The lowest BCUT2D eigenvalue weighted by Gasteiger charge is -2.07. The molecule has 0 radical (unpaired) electrons. The normalized spacial score (nSPS) is 11.5. The van der Waals surface area contributed by atoms with Gasteiger partial charge in [0.1, 0.15) is 5.82 Å². The van der Waals surface area contributed by atoms with Gasteiger partial charge in [0, 0.05) is 5.92 Å². The Hall–Kier alpha value is -1.31. The first-order chi connectivity index (χ1) is 7.80. The highest BCUT2D eigenvalue weighted by molar-refractivity contribution is 5.78. The van der Waals surface area contributed by atoms with Crippen molar-refractivity contribution in [3.8, 4) is 0 Å². The Bertz CT molecular complexity index is 467. The highest BCUT2D eigenvalue weighted by Crippen LogP contribution is 2.24. The van der Waals surface area contributed by atoms with Crippen molar-refractivity contribution in [2.45, 2.75) is 46.0 Å². The van der Waals surface area contributed by atoms with Gasteiger partial charge in [0.15, 0.2) is 0 Å². The van der Waals surface area contributed by atoms with E-state index >= 15 is 0 Å². The van der Waals surface area contributed by atoms with Crippen molar-refractivity contribution >= 4 is 11.0 Å². The molecule has 0 unspecified atom stereocenters. The summed E-state index contributed by atoms with van der Waals surface area (Å²) in [6.45, 7) is 6.63. The number of nitrogens with one attached hydrogen (secondary N) is 1. The molecule has 0 saturated heterocycles. The molecule has 2 nitrogen and oxygen atoms in total. The number of aromatic nitrogens is 2. The summed E-state index contributed by atoms with van der Waals surface area (Å²) in [5.41, 5.74) is 3.68. The second kappa shape index (κ2) is 4.69. The zero-order chi connectivity index (χ0) is 11.5. The number of aryl methyl sites for hydroxylation is 1. The summed E-state index contributed by atoms with van der Waals surface area (Å²) in [5, 5.41) is 0. The highest BCUT2D eigenvalue weighted by atomic mass is 14.9. The van der Waals surface area contributed by atoms with Crippen LogP contribution in [0.15, 0.2) is 18.2 Å². The molecule has 0 atom stereocenters. The summed E-state index contributed by atoms with van der Waals surface area (Å²) in [4.78, 5) is 8.23. The summed E-state index contributed by atoms with van der Waals surface area (Å²) in [6.07, 6.45) is 3.35. The van der Waals surface area contributed by atoms with Gasteiger partial charge in [-0.3, -0.25) is 0 Å². The second-order valence-electron chi connectivity index (χ2n) is 4.30. The van der Waals surface area contributed by atoms with E-state index in [0.717, 1.165) is 30.6 Å². The monoisotopic (exact) mass is 216 g/mol. The van der Waals surface area contributed by atoms with Crippen LogP contribution in [0, 0.1) is 0 Å². The number of aromatic amines is 1. The molecule has 0 bridgehead atoms. The summed E-state index contributed by atoms with van der Waals surface area (Å²) in [5.74, 6) is 1.72. The summed E-state index contributed by atoms with van der Waals surface area (Å²) < 4.78 is 0. The van der Waals surface area contributed by atoms with E-state index in [-0.39, 0.29) is 0 Å². The number of nitrogens with zero attached hydrogens (tertiary/aromatic N) is 1. The van der Waals surface area contributed by atoms with Crippen molar-refractivity contribution in [3.63, 3.8) is 0 Å². The Kier molecular flexibility index (Phi) is 3.28. The number of benzene rings is 1. The number of para-hydroxylation sites is 1. The van der Waals surface area contributed by atoms with Crippen molar-refractivity contribution in [2.24, 2.45) is 0 Å². The highest BCUT2D eigenvalue weighted by Gasteiger charge is 2.12. The molecule has 1 N–H and O–H groups in total. The Morgan fingerprint density at radius 3 is 2.56 bits per heavy atom. The second-order valence-corrected chi connectivity index (χ2v) is 4.30. The van der Waals surface area contributed by atoms with E-state index in [2.05, 4.69) is 44.0 Å². The average molecular weight is 216 g/mol. The van der Waals surface area contributed by atoms with Gasteiger partial charge in [-0.05, 0) is 30.9 Å². The maximum Gasteiger partial charge on any atom is 0.110 e. The van der Waals surface area contributed by atoms with Gasteiger partial charge in [-0.1, -0.05) is 32.9 Å². The fraction of sp³-hybridized carbons (Fsp3) is 0.500. The molecule has 0 saturated carbocycles. The maximum absolute atomic E-state index is 4.77. The van der Waals surface area contributed by atoms with Gasteiger partial charge < -0.3 is 4.98 Å². The molecule has 16 heavy (non-hydrogen) atoms. The quantitative estimate of drug-likeness (QED) is 0.821. The molecule has 0 spiro atoms. The van der Waals surface area contributed by atoms with Gasteiger partial charge in [0.05, 0.1) is 11.0 Å². The van der Waals surface area contributed by atoms with E-state index in [1.807, 2.05) is 0 Å². The van der Waals surface area contributed by atoms with Crippen LogP contribution in [0.4, 0.5) is 0 Å². The third-order valence-electron chi connectivity index (χ3n) is 3.37. The smallest absolute Gasteiger partial charge is 0.110 e. The molecule has 1 aromatic heterocycles. The molecule has 86 valence electrons. The number of fused-ring (bicyclic) bond motifs is 1. The standard InChI is InChI=1S/C14H20N2/c1-4-10(5-2)14-15-12-9-7-8-11(6-3)13(12)16-14/h7-10H,4-6H2,1-3H3,(H,15,16). The molecule has 1 aromatic carbocycles. The summed E-state index contributed by atoms with van der Waals surface area (Å²) >= 11 is 0. The predicted molar refractivity (Wildman–Crippen MR) is 68.8 cm³/mol. The summed E-state index contributed by atoms with van der Waals surface area (Å²) in [6, 6.07) is 6.39. The molecule has 0 aliphatic heterocycles. The van der Waals surface area contributed by atoms with Crippen LogP contribution in [0.1, 0.15) is 50.9 Å². The average Bonchev–Trinajstić information content (AvgIpc) is 2.73. The van der Waals surface area contributed by atoms with Gasteiger partial charge in [0.25, 0.3) is 0 Å².